The molecule has 0 unspecified atom stereocenters. The fourth-order valence-electron chi connectivity index (χ4n) is 1.73. The number of nitro groups is 1. The predicted octanol–water partition coefficient (Wildman–Crippen LogP) is 3.03. The van der Waals surface area contributed by atoms with Crippen molar-refractivity contribution < 1.29 is 23.9 Å². The molecule has 0 atom stereocenters. The van der Waals surface area contributed by atoms with Gasteiger partial charge in [-0.05, 0) is 17.7 Å². The van der Waals surface area contributed by atoms with Crippen molar-refractivity contribution in [1.29, 1.82) is 0 Å². The highest BCUT2D eigenvalue weighted by atomic mass is 19.1. The summed E-state index contributed by atoms with van der Waals surface area (Å²) in [5, 5.41) is 19.7. The molecule has 0 radical (unpaired) electrons. The summed E-state index contributed by atoms with van der Waals surface area (Å²) in [5.41, 5.74) is 0.209. The molecule has 0 aliphatic rings. The molecular weight excluding hydrogens is 281 g/mol. The molecule has 2 aromatic carbocycles. The first-order chi connectivity index (χ1) is 10.0. The number of rotatable bonds is 5. The van der Waals surface area contributed by atoms with Gasteiger partial charge in [0.2, 0.25) is 0 Å². The van der Waals surface area contributed by atoms with Crippen molar-refractivity contribution in [2.45, 2.75) is 6.61 Å². The van der Waals surface area contributed by atoms with Crippen LogP contribution in [0.1, 0.15) is 5.56 Å². The molecule has 0 saturated heterocycles. The first-order valence-corrected chi connectivity index (χ1v) is 5.94. The van der Waals surface area contributed by atoms with Gasteiger partial charge in [0.25, 0.3) is 5.69 Å². The lowest BCUT2D eigenvalue weighted by Crippen LogP contribution is -1.95. The monoisotopic (exact) mass is 293 g/mol. The molecule has 2 rings (SSSR count). The third-order valence-electron chi connectivity index (χ3n) is 2.71. The lowest BCUT2D eigenvalue weighted by Gasteiger charge is -2.11. The Bertz CT molecular complexity index is 674. The number of nitro benzene ring substituents is 1. The molecule has 21 heavy (non-hydrogen) atoms. The van der Waals surface area contributed by atoms with Crippen LogP contribution in [0.5, 0.6) is 17.2 Å². The predicted molar refractivity (Wildman–Crippen MR) is 72.0 cm³/mol. The molecule has 0 aliphatic carbocycles. The summed E-state index contributed by atoms with van der Waals surface area (Å²) < 4.78 is 23.9. The maximum atomic E-state index is 13.3. The topological polar surface area (TPSA) is 81.8 Å². The molecule has 1 N–H and O–H groups in total. The van der Waals surface area contributed by atoms with E-state index in [9.17, 15) is 14.5 Å². The maximum absolute atomic E-state index is 13.3. The average molecular weight is 293 g/mol. The minimum absolute atomic E-state index is 0.0169. The van der Waals surface area contributed by atoms with Crippen LogP contribution in [0.2, 0.25) is 0 Å². The van der Waals surface area contributed by atoms with Crippen molar-refractivity contribution in [3.8, 4) is 17.2 Å². The Hall–Kier alpha value is -2.67. The van der Waals surface area contributed by atoms with Crippen molar-refractivity contribution in [3.05, 3.63) is 57.9 Å². The van der Waals surface area contributed by atoms with Gasteiger partial charge in [0.05, 0.1) is 30.8 Å². The number of benzene rings is 2. The summed E-state index contributed by atoms with van der Waals surface area (Å²) >= 11 is 0. The van der Waals surface area contributed by atoms with Crippen LogP contribution >= 0.6 is 0 Å². The zero-order valence-electron chi connectivity index (χ0n) is 11.1. The molecule has 0 heterocycles. The van der Waals surface area contributed by atoms with Crippen molar-refractivity contribution in [2.24, 2.45) is 0 Å². The lowest BCUT2D eigenvalue weighted by atomic mass is 10.2. The van der Waals surface area contributed by atoms with Gasteiger partial charge in [-0.25, -0.2) is 4.39 Å². The highest BCUT2D eigenvalue weighted by molar-refractivity contribution is 5.47. The standard InChI is InChI=1S/C14H12FNO5/c1-20-14-4-9(8-17)2-3-13(14)21-12-6-10(15)5-11(7-12)16(18)19/h2-7,17H,8H2,1H3. The third kappa shape index (κ3) is 3.46. The highest BCUT2D eigenvalue weighted by Gasteiger charge is 2.13. The van der Waals surface area contributed by atoms with Crippen LogP contribution in [0, 0.1) is 15.9 Å². The van der Waals surface area contributed by atoms with Gasteiger partial charge in [-0.3, -0.25) is 10.1 Å². The Morgan fingerprint density at radius 2 is 2.00 bits per heavy atom. The molecule has 110 valence electrons. The number of methoxy groups -OCH3 is 1. The number of halogens is 1. The fraction of sp³-hybridized carbons (Fsp3) is 0.143. The van der Waals surface area contributed by atoms with E-state index in [0.29, 0.717) is 11.3 Å². The summed E-state index contributed by atoms with van der Waals surface area (Å²) in [6.45, 7) is -0.165. The van der Waals surface area contributed by atoms with E-state index < -0.39 is 16.4 Å². The summed E-state index contributed by atoms with van der Waals surface area (Å²) in [7, 11) is 1.41. The quantitative estimate of drug-likeness (QED) is 0.677. The molecule has 0 aromatic heterocycles. The molecular formula is C14H12FNO5. The second-order valence-electron chi connectivity index (χ2n) is 4.15. The van der Waals surface area contributed by atoms with E-state index >= 15 is 0 Å². The number of ether oxygens (including phenoxy) is 2. The number of aliphatic hydroxyl groups is 1. The Labute approximate surface area is 119 Å². The van der Waals surface area contributed by atoms with E-state index in [0.717, 1.165) is 18.2 Å². The van der Waals surface area contributed by atoms with Crippen molar-refractivity contribution >= 4 is 5.69 Å². The molecule has 0 amide bonds. The van der Waals surface area contributed by atoms with Gasteiger partial charge in [0.15, 0.2) is 11.5 Å². The van der Waals surface area contributed by atoms with Crippen LogP contribution < -0.4 is 9.47 Å². The van der Waals surface area contributed by atoms with Crippen LogP contribution in [0.15, 0.2) is 36.4 Å². The number of nitrogens with zero attached hydrogens (tertiary/aromatic N) is 1. The summed E-state index contributed by atoms with van der Waals surface area (Å²) in [6.07, 6.45) is 0. The summed E-state index contributed by atoms with van der Waals surface area (Å²) in [5.74, 6) is -0.204. The number of non-ortho nitro benzene ring substituents is 1. The van der Waals surface area contributed by atoms with Crippen molar-refractivity contribution in [3.63, 3.8) is 0 Å². The fourth-order valence-corrected chi connectivity index (χ4v) is 1.73. The van der Waals surface area contributed by atoms with Crippen LogP contribution in [-0.2, 0) is 6.61 Å². The van der Waals surface area contributed by atoms with Gasteiger partial charge in [-0.1, -0.05) is 6.07 Å². The van der Waals surface area contributed by atoms with E-state index in [4.69, 9.17) is 14.6 Å². The van der Waals surface area contributed by atoms with Gasteiger partial charge in [-0.15, -0.1) is 0 Å². The largest absolute Gasteiger partial charge is 0.493 e. The number of hydrogen-bond acceptors (Lipinski definition) is 5. The Balaban J connectivity index is 2.35. The third-order valence-corrected chi connectivity index (χ3v) is 2.71. The molecule has 6 nitrogen and oxygen atoms in total. The first kappa shape index (κ1) is 14.7. The van der Waals surface area contributed by atoms with Gasteiger partial charge in [-0.2, -0.15) is 0 Å². The van der Waals surface area contributed by atoms with Gasteiger partial charge < -0.3 is 14.6 Å². The molecule has 0 aliphatic heterocycles. The SMILES string of the molecule is COc1cc(CO)ccc1Oc1cc(F)cc([N+](=O)[O-])c1. The first-order valence-electron chi connectivity index (χ1n) is 5.94. The Morgan fingerprint density at radius 3 is 2.62 bits per heavy atom. The van der Waals surface area contributed by atoms with Crippen molar-refractivity contribution in [1.82, 2.24) is 0 Å². The number of aliphatic hydroxyl groups excluding tert-OH is 1. The lowest BCUT2D eigenvalue weighted by molar-refractivity contribution is -0.385. The number of hydrogen-bond donors (Lipinski definition) is 1. The molecule has 0 bridgehead atoms. The van der Waals surface area contributed by atoms with E-state index in [1.54, 1.807) is 12.1 Å². The highest BCUT2D eigenvalue weighted by Crippen LogP contribution is 2.34. The van der Waals surface area contributed by atoms with Crippen LogP contribution in [0.25, 0.3) is 0 Å². The zero-order valence-corrected chi connectivity index (χ0v) is 11.1. The average Bonchev–Trinajstić information content (AvgIpc) is 2.47. The van der Waals surface area contributed by atoms with E-state index in [2.05, 4.69) is 0 Å². The van der Waals surface area contributed by atoms with E-state index in [1.165, 1.54) is 13.2 Å². The van der Waals surface area contributed by atoms with Gasteiger partial charge in [0, 0.05) is 6.07 Å². The van der Waals surface area contributed by atoms with Gasteiger partial charge in [0.1, 0.15) is 11.6 Å². The van der Waals surface area contributed by atoms with Crippen LogP contribution in [0.4, 0.5) is 10.1 Å². The normalized spacial score (nSPS) is 10.2. The smallest absolute Gasteiger partial charge is 0.276 e. The second kappa shape index (κ2) is 6.19. The molecule has 2 aromatic rings. The Morgan fingerprint density at radius 1 is 1.24 bits per heavy atom. The molecule has 0 saturated carbocycles. The summed E-state index contributed by atoms with van der Waals surface area (Å²) in [6, 6.07) is 7.64. The van der Waals surface area contributed by atoms with E-state index in [-0.39, 0.29) is 18.1 Å². The molecule has 0 fully saturated rings. The van der Waals surface area contributed by atoms with E-state index in [1.807, 2.05) is 0 Å². The van der Waals surface area contributed by atoms with Gasteiger partial charge >= 0.3 is 0 Å². The minimum Gasteiger partial charge on any atom is -0.493 e. The van der Waals surface area contributed by atoms with Crippen molar-refractivity contribution in [2.75, 3.05) is 7.11 Å². The molecule has 0 spiro atoms. The summed E-state index contributed by atoms with van der Waals surface area (Å²) in [4.78, 5) is 9.99. The Kier molecular flexibility index (Phi) is 4.34. The molecule has 7 heteroatoms. The van der Waals surface area contributed by atoms with Crippen LogP contribution in [-0.4, -0.2) is 17.1 Å². The minimum atomic E-state index is -0.773. The maximum Gasteiger partial charge on any atom is 0.276 e. The zero-order chi connectivity index (χ0) is 15.4. The van der Waals surface area contributed by atoms with Crippen LogP contribution in [0.3, 0.4) is 0 Å². The second-order valence-corrected chi connectivity index (χ2v) is 4.15.